The van der Waals surface area contributed by atoms with Crippen LogP contribution in [0.3, 0.4) is 0 Å². The molecule has 0 saturated heterocycles. The highest BCUT2D eigenvalue weighted by molar-refractivity contribution is 5.72. The first-order valence-electron chi connectivity index (χ1n) is 41.0. The number of unbranched alkanes of at least 4 members (excludes halogenated alkanes) is 61. The number of carbonyl (C=O) groups is 1. The van der Waals surface area contributed by atoms with E-state index in [9.17, 15) is 15.0 Å². The third-order valence-electron chi connectivity index (χ3n) is 20.5. The third kappa shape index (κ3) is 67.8. The van der Waals surface area contributed by atoms with Crippen LogP contribution in [-0.4, -0.2) is 35.5 Å². The average molecular weight is 1230 g/mol. The van der Waals surface area contributed by atoms with Gasteiger partial charge in [-0.05, 0) is 56.8 Å². The molecule has 0 heterocycles. The number of ether oxygens (including phenoxy) is 1. The van der Waals surface area contributed by atoms with Crippen molar-refractivity contribution in [1.82, 2.24) is 0 Å². The van der Waals surface area contributed by atoms with Gasteiger partial charge in [0.15, 0.2) is 0 Å². The fourth-order valence-corrected chi connectivity index (χ4v) is 14.0. The molecule has 0 unspecified atom stereocenters. The quantitative estimate of drug-likeness (QED) is 0.0362. The summed E-state index contributed by atoms with van der Waals surface area (Å²) in [5.41, 5.74) is 0. The van der Waals surface area contributed by atoms with Gasteiger partial charge in [0, 0.05) is 0 Å². The van der Waals surface area contributed by atoms with Crippen LogP contribution in [0.4, 0.5) is 0 Å². The van der Waals surface area contributed by atoms with Crippen molar-refractivity contribution in [2.45, 2.75) is 489 Å². The van der Waals surface area contributed by atoms with Crippen LogP contribution < -0.4 is 0 Å². The largest absolute Gasteiger partial charge is 0.469 e. The smallest absolute Gasteiger partial charge is 0.311 e. The first-order valence-corrected chi connectivity index (χ1v) is 41.0. The molecule has 0 aliphatic heterocycles. The van der Waals surface area contributed by atoms with Gasteiger partial charge in [0.25, 0.3) is 0 Å². The standard InChI is InChI=1S/C83H164O4/c1-6-8-10-12-14-16-18-20-22-24-25-26-27-33-39-45-51-57-63-69-75-80(83(86)87-5)82(85)77-71-65-59-53-47-41-35-29-31-37-43-49-55-61-67-73-78(3)72-66-60-54-48-42-36-30-28-34-40-46-52-58-64-70-76-81(84)79(4)74-68-62-56-50-44-38-32-23-21-19-17-15-13-11-9-7-2/h66,72,78-82,84-85H,6-65,67-71,73-77H2,1-5H3/t78-,79-,80-,81+,82-/m1/s1. The molecule has 0 aliphatic rings. The van der Waals surface area contributed by atoms with Crippen molar-refractivity contribution < 1.29 is 19.7 Å². The van der Waals surface area contributed by atoms with Gasteiger partial charge in [-0.15, -0.1) is 0 Å². The molecule has 520 valence electrons. The lowest BCUT2D eigenvalue weighted by Crippen LogP contribution is -2.29. The molecule has 0 aromatic carbocycles. The Kier molecular flexibility index (Phi) is 73.4. The molecule has 2 N–H and O–H groups in total. The van der Waals surface area contributed by atoms with Crippen molar-refractivity contribution in [2.75, 3.05) is 7.11 Å². The first kappa shape index (κ1) is 86.1. The normalized spacial score (nSPS) is 13.7. The van der Waals surface area contributed by atoms with Gasteiger partial charge in [0.05, 0.1) is 25.2 Å². The molecule has 0 fully saturated rings. The number of hydrogen-bond donors (Lipinski definition) is 2. The van der Waals surface area contributed by atoms with E-state index in [0.717, 1.165) is 50.9 Å². The summed E-state index contributed by atoms with van der Waals surface area (Å²) in [5, 5.41) is 21.7. The predicted molar refractivity (Wildman–Crippen MR) is 390 cm³/mol. The van der Waals surface area contributed by atoms with Crippen molar-refractivity contribution in [3.8, 4) is 0 Å². The lowest BCUT2D eigenvalue weighted by Gasteiger charge is -2.20. The van der Waals surface area contributed by atoms with Crippen LogP contribution in [-0.2, 0) is 9.53 Å². The highest BCUT2D eigenvalue weighted by Gasteiger charge is 2.27. The Balaban J connectivity index is 3.48. The molecular formula is C83H164O4. The Morgan fingerprint density at radius 2 is 0.506 bits per heavy atom. The molecule has 0 amide bonds. The maximum atomic E-state index is 12.5. The highest BCUT2D eigenvalue weighted by Crippen LogP contribution is 2.25. The zero-order valence-corrected chi connectivity index (χ0v) is 60.7. The first-order chi connectivity index (χ1) is 42.9. The second-order valence-electron chi connectivity index (χ2n) is 29.3. The topological polar surface area (TPSA) is 66.8 Å². The van der Waals surface area contributed by atoms with Gasteiger partial charge in [-0.25, -0.2) is 0 Å². The van der Waals surface area contributed by atoms with Crippen LogP contribution in [0.2, 0.25) is 0 Å². The minimum atomic E-state index is -0.558. The Morgan fingerprint density at radius 1 is 0.287 bits per heavy atom. The van der Waals surface area contributed by atoms with Crippen LogP contribution in [0, 0.1) is 17.8 Å². The number of aliphatic hydroxyl groups is 2. The Bertz CT molecular complexity index is 1300. The van der Waals surface area contributed by atoms with Gasteiger partial charge in [-0.3, -0.25) is 4.79 Å². The number of esters is 1. The molecule has 0 radical (unpaired) electrons. The minimum Gasteiger partial charge on any atom is -0.469 e. The average Bonchev–Trinajstić information content (AvgIpc) is 3.56. The third-order valence-corrected chi connectivity index (χ3v) is 20.5. The van der Waals surface area contributed by atoms with E-state index in [1.807, 2.05) is 0 Å². The summed E-state index contributed by atoms with van der Waals surface area (Å²) in [6.45, 7) is 9.31. The molecule has 0 aromatic heterocycles. The number of carbonyl (C=O) groups excluding carboxylic acids is 1. The molecule has 0 aromatic rings. The van der Waals surface area contributed by atoms with Crippen LogP contribution in [0.1, 0.15) is 477 Å². The monoisotopic (exact) mass is 1230 g/mol. The van der Waals surface area contributed by atoms with Crippen LogP contribution in [0.15, 0.2) is 12.2 Å². The highest BCUT2D eigenvalue weighted by atomic mass is 16.5. The van der Waals surface area contributed by atoms with E-state index >= 15 is 0 Å². The summed E-state index contributed by atoms with van der Waals surface area (Å²) in [5.74, 6) is 0.643. The van der Waals surface area contributed by atoms with E-state index in [1.165, 1.54) is 412 Å². The van der Waals surface area contributed by atoms with E-state index in [-0.39, 0.29) is 18.0 Å². The van der Waals surface area contributed by atoms with Crippen molar-refractivity contribution in [2.24, 2.45) is 17.8 Å². The van der Waals surface area contributed by atoms with Crippen LogP contribution in [0.25, 0.3) is 0 Å². The number of hydrogen-bond acceptors (Lipinski definition) is 4. The lowest BCUT2D eigenvalue weighted by atomic mass is 9.91. The zero-order valence-electron chi connectivity index (χ0n) is 60.7. The number of allylic oxidation sites excluding steroid dienone is 2. The molecule has 0 aliphatic carbocycles. The summed E-state index contributed by atoms with van der Waals surface area (Å²) in [7, 11) is 1.48. The molecule has 5 atom stereocenters. The number of methoxy groups -OCH3 is 1. The summed E-state index contributed by atoms with van der Waals surface area (Å²) in [4.78, 5) is 12.5. The molecular weight excluding hydrogens is 1060 g/mol. The van der Waals surface area contributed by atoms with E-state index in [0.29, 0.717) is 5.92 Å². The van der Waals surface area contributed by atoms with Crippen molar-refractivity contribution in [3.63, 3.8) is 0 Å². The fourth-order valence-electron chi connectivity index (χ4n) is 14.0. The minimum absolute atomic E-state index is 0.0842. The zero-order chi connectivity index (χ0) is 63.1. The van der Waals surface area contributed by atoms with Gasteiger partial charge in [0.2, 0.25) is 0 Å². The van der Waals surface area contributed by atoms with E-state index < -0.39 is 6.10 Å². The maximum Gasteiger partial charge on any atom is 0.311 e. The Labute approximate surface area is 549 Å². The van der Waals surface area contributed by atoms with Gasteiger partial charge in [0.1, 0.15) is 0 Å². The van der Waals surface area contributed by atoms with Gasteiger partial charge in [-0.2, -0.15) is 0 Å². The second kappa shape index (κ2) is 74.2. The number of rotatable bonds is 76. The van der Waals surface area contributed by atoms with E-state index in [4.69, 9.17) is 4.74 Å². The fraction of sp³-hybridized carbons (Fsp3) is 0.964. The summed E-state index contributed by atoms with van der Waals surface area (Å²) in [6, 6.07) is 0. The van der Waals surface area contributed by atoms with E-state index in [1.54, 1.807) is 0 Å². The molecule has 0 rings (SSSR count). The van der Waals surface area contributed by atoms with Crippen molar-refractivity contribution >= 4 is 5.97 Å². The molecule has 0 bridgehead atoms. The maximum absolute atomic E-state index is 12.5. The lowest BCUT2D eigenvalue weighted by molar-refractivity contribution is -0.150. The van der Waals surface area contributed by atoms with Gasteiger partial charge >= 0.3 is 5.97 Å². The van der Waals surface area contributed by atoms with E-state index in [2.05, 4.69) is 39.8 Å². The summed E-state index contributed by atoms with van der Waals surface area (Å²) < 4.78 is 5.12. The van der Waals surface area contributed by atoms with Gasteiger partial charge < -0.3 is 14.9 Å². The SMILES string of the molecule is CCCCCCCCCCCCCCCCCCCCCC[C@@H](C(=O)OC)[C@H](O)CCCCCCCCCCCCCCCCC[C@H](C)C=CCCCCCCCCCCCCCCC[C@H](O)[C@H](C)CCCCCCCCCCCCCCCCCC. The Morgan fingerprint density at radius 3 is 0.782 bits per heavy atom. The molecule has 4 heteroatoms. The summed E-state index contributed by atoms with van der Waals surface area (Å²) >= 11 is 0. The molecule has 0 spiro atoms. The summed E-state index contributed by atoms with van der Waals surface area (Å²) in [6.07, 6.45) is 99.1. The van der Waals surface area contributed by atoms with Crippen molar-refractivity contribution in [3.05, 3.63) is 12.2 Å². The molecule has 87 heavy (non-hydrogen) atoms. The van der Waals surface area contributed by atoms with Crippen molar-refractivity contribution in [1.29, 1.82) is 0 Å². The van der Waals surface area contributed by atoms with Gasteiger partial charge in [-0.1, -0.05) is 444 Å². The van der Waals surface area contributed by atoms with Crippen LogP contribution in [0.5, 0.6) is 0 Å². The number of aliphatic hydroxyl groups excluding tert-OH is 2. The second-order valence-corrected chi connectivity index (χ2v) is 29.3. The van der Waals surface area contributed by atoms with Crippen LogP contribution >= 0.6 is 0 Å². The molecule has 4 nitrogen and oxygen atoms in total. The molecule has 0 saturated carbocycles. The Hall–Kier alpha value is -0.870. The predicted octanol–water partition coefficient (Wildman–Crippen LogP) is 28.7.